The second-order valence-corrected chi connectivity index (χ2v) is 11.4. The van der Waals surface area contributed by atoms with Gasteiger partial charge in [0.15, 0.2) is 0 Å². The van der Waals surface area contributed by atoms with Crippen molar-refractivity contribution in [1.29, 1.82) is 0 Å². The molecule has 4 aromatic rings. The third kappa shape index (κ3) is 4.32. The van der Waals surface area contributed by atoms with E-state index in [1.165, 1.54) is 5.56 Å². The second kappa shape index (κ2) is 9.85. The SMILES string of the molecule is O=C1[C@@H]2Cc3c([nH]c4ccccc34)[C@H](c3ccc(Cl)cc3)N2C(=O)CN1C1CCN(Cc2ccccc2)CC1. The number of nitrogens with one attached hydrogen (secondary N) is 1. The fraction of sp³-hybridized carbons (Fsp3) is 0.312. The summed E-state index contributed by atoms with van der Waals surface area (Å²) in [4.78, 5) is 37.8. The molecule has 0 unspecified atom stereocenters. The number of para-hydroxylation sites is 1. The van der Waals surface area contributed by atoms with Gasteiger partial charge in [0, 0.05) is 53.7 Å². The topological polar surface area (TPSA) is 59.7 Å². The number of aromatic nitrogens is 1. The number of amides is 2. The fourth-order valence-corrected chi connectivity index (χ4v) is 6.94. The molecule has 7 heteroatoms. The number of fused-ring (bicyclic) bond motifs is 4. The van der Waals surface area contributed by atoms with E-state index >= 15 is 0 Å². The van der Waals surface area contributed by atoms with Crippen molar-refractivity contribution in [3.63, 3.8) is 0 Å². The van der Waals surface area contributed by atoms with Crippen LogP contribution in [0.5, 0.6) is 0 Å². The lowest BCUT2D eigenvalue weighted by Gasteiger charge is -2.49. The van der Waals surface area contributed by atoms with Crippen LogP contribution in [0.25, 0.3) is 10.9 Å². The van der Waals surface area contributed by atoms with Crippen LogP contribution >= 0.6 is 11.6 Å². The van der Waals surface area contributed by atoms with E-state index in [0.29, 0.717) is 11.4 Å². The lowest BCUT2D eigenvalue weighted by molar-refractivity contribution is -0.161. The summed E-state index contributed by atoms with van der Waals surface area (Å²) in [5, 5.41) is 1.77. The Morgan fingerprint density at radius 1 is 0.872 bits per heavy atom. The van der Waals surface area contributed by atoms with Gasteiger partial charge in [-0.25, -0.2) is 0 Å². The van der Waals surface area contributed by atoms with Gasteiger partial charge in [-0.05, 0) is 47.7 Å². The van der Waals surface area contributed by atoms with Crippen molar-refractivity contribution in [3.8, 4) is 0 Å². The molecule has 7 rings (SSSR count). The molecule has 4 heterocycles. The molecule has 2 atom stereocenters. The predicted octanol–water partition coefficient (Wildman–Crippen LogP) is 5.17. The van der Waals surface area contributed by atoms with Crippen molar-refractivity contribution in [3.05, 3.63) is 106 Å². The zero-order valence-corrected chi connectivity index (χ0v) is 22.5. The van der Waals surface area contributed by atoms with Crippen molar-refractivity contribution < 1.29 is 9.59 Å². The highest BCUT2D eigenvalue weighted by Crippen LogP contribution is 2.43. The Balaban J connectivity index is 1.18. The second-order valence-electron chi connectivity index (χ2n) is 11.0. The van der Waals surface area contributed by atoms with Crippen LogP contribution in [0.1, 0.15) is 41.3 Å². The van der Waals surface area contributed by atoms with Gasteiger partial charge < -0.3 is 14.8 Å². The molecule has 0 spiro atoms. The summed E-state index contributed by atoms with van der Waals surface area (Å²) in [6.45, 7) is 2.90. The minimum absolute atomic E-state index is 0.00979. The summed E-state index contributed by atoms with van der Waals surface area (Å²) in [6, 6.07) is 25.6. The number of benzene rings is 3. The van der Waals surface area contributed by atoms with Crippen molar-refractivity contribution in [2.24, 2.45) is 0 Å². The predicted molar refractivity (Wildman–Crippen MR) is 152 cm³/mol. The van der Waals surface area contributed by atoms with Crippen LogP contribution in [0.3, 0.4) is 0 Å². The number of carbonyl (C=O) groups is 2. The maximum atomic E-state index is 14.2. The molecule has 2 saturated heterocycles. The molecule has 3 aliphatic rings. The van der Waals surface area contributed by atoms with Crippen LogP contribution in [0.4, 0.5) is 0 Å². The first kappa shape index (κ1) is 24.4. The highest BCUT2D eigenvalue weighted by atomic mass is 35.5. The van der Waals surface area contributed by atoms with Gasteiger partial charge in [0.05, 0.1) is 6.04 Å². The van der Waals surface area contributed by atoms with Gasteiger partial charge in [0.25, 0.3) is 0 Å². The monoisotopic (exact) mass is 538 g/mol. The van der Waals surface area contributed by atoms with Crippen LogP contribution in [0, 0.1) is 0 Å². The van der Waals surface area contributed by atoms with E-state index in [-0.39, 0.29) is 30.4 Å². The van der Waals surface area contributed by atoms with Gasteiger partial charge >= 0.3 is 0 Å². The average molecular weight is 539 g/mol. The molecule has 1 N–H and O–H groups in total. The summed E-state index contributed by atoms with van der Waals surface area (Å²) >= 11 is 6.21. The molecule has 3 aliphatic heterocycles. The normalized spacial score (nSPS) is 22.3. The number of halogens is 1. The van der Waals surface area contributed by atoms with E-state index in [2.05, 4.69) is 46.3 Å². The summed E-state index contributed by atoms with van der Waals surface area (Å²) < 4.78 is 0. The van der Waals surface area contributed by atoms with Gasteiger partial charge in [-0.2, -0.15) is 0 Å². The molecule has 39 heavy (non-hydrogen) atoms. The Bertz CT molecular complexity index is 1530. The van der Waals surface area contributed by atoms with E-state index in [1.807, 2.05) is 52.3 Å². The molecule has 0 bridgehead atoms. The van der Waals surface area contributed by atoms with Crippen molar-refractivity contribution in [1.82, 2.24) is 19.7 Å². The standard InChI is InChI=1S/C32H31ClN4O2/c33-23-12-10-22(11-13-23)31-30-26(25-8-4-5-9-27(25)34-30)18-28-32(39)36(20-29(38)37(28)31)24-14-16-35(17-15-24)19-21-6-2-1-3-7-21/h1-13,24,28,31,34H,14-20H2/t28-,31-/m0/s1. The lowest BCUT2D eigenvalue weighted by atomic mass is 9.85. The number of hydrogen-bond acceptors (Lipinski definition) is 3. The van der Waals surface area contributed by atoms with Crippen LogP contribution in [0.15, 0.2) is 78.9 Å². The van der Waals surface area contributed by atoms with Crippen molar-refractivity contribution in [2.75, 3.05) is 19.6 Å². The Morgan fingerprint density at radius 2 is 1.59 bits per heavy atom. The van der Waals surface area contributed by atoms with E-state index in [1.54, 1.807) is 0 Å². The smallest absolute Gasteiger partial charge is 0.246 e. The summed E-state index contributed by atoms with van der Waals surface area (Å²) in [5.41, 5.74) is 5.43. The third-order valence-corrected chi connectivity index (χ3v) is 8.98. The molecule has 1 aromatic heterocycles. The van der Waals surface area contributed by atoms with E-state index in [4.69, 9.17) is 11.6 Å². The largest absolute Gasteiger partial charge is 0.356 e. The maximum Gasteiger partial charge on any atom is 0.246 e. The first-order valence-electron chi connectivity index (χ1n) is 13.8. The number of carbonyl (C=O) groups excluding carboxylic acids is 2. The van der Waals surface area contributed by atoms with Gasteiger partial charge in [0.2, 0.25) is 11.8 Å². The molecule has 0 radical (unpaired) electrons. The lowest BCUT2D eigenvalue weighted by Crippen LogP contribution is -2.65. The summed E-state index contributed by atoms with van der Waals surface area (Å²) in [5.74, 6) is 0.0848. The van der Waals surface area contributed by atoms with E-state index in [0.717, 1.165) is 60.2 Å². The quantitative estimate of drug-likeness (QED) is 0.390. The first-order chi connectivity index (χ1) is 19.1. The summed E-state index contributed by atoms with van der Waals surface area (Å²) in [7, 11) is 0. The fourth-order valence-electron chi connectivity index (χ4n) is 6.82. The van der Waals surface area contributed by atoms with Gasteiger partial charge in [-0.3, -0.25) is 14.5 Å². The summed E-state index contributed by atoms with van der Waals surface area (Å²) in [6.07, 6.45) is 2.30. The molecule has 198 valence electrons. The molecule has 2 fully saturated rings. The Hall–Kier alpha value is -3.61. The average Bonchev–Trinajstić information content (AvgIpc) is 3.34. The molecule has 6 nitrogen and oxygen atoms in total. The number of piperidine rings is 1. The van der Waals surface area contributed by atoms with Crippen LogP contribution < -0.4 is 0 Å². The molecule has 2 amide bonds. The van der Waals surface area contributed by atoms with E-state index < -0.39 is 6.04 Å². The van der Waals surface area contributed by atoms with Crippen LogP contribution in [0.2, 0.25) is 5.02 Å². The van der Waals surface area contributed by atoms with Gasteiger partial charge in [0.1, 0.15) is 12.6 Å². The highest BCUT2D eigenvalue weighted by molar-refractivity contribution is 6.30. The molecule has 0 aliphatic carbocycles. The van der Waals surface area contributed by atoms with E-state index in [9.17, 15) is 9.59 Å². The Kier molecular flexibility index (Phi) is 6.17. The number of piperazine rings is 1. The van der Waals surface area contributed by atoms with Crippen LogP contribution in [-0.2, 0) is 22.6 Å². The van der Waals surface area contributed by atoms with Crippen LogP contribution in [-0.4, -0.2) is 63.2 Å². The number of likely N-dealkylation sites (tertiary alicyclic amines) is 1. The number of H-pyrrole nitrogens is 1. The zero-order valence-electron chi connectivity index (χ0n) is 21.7. The maximum absolute atomic E-state index is 14.2. The molecule has 0 saturated carbocycles. The molecule has 3 aromatic carbocycles. The molecular weight excluding hydrogens is 508 g/mol. The first-order valence-corrected chi connectivity index (χ1v) is 14.2. The number of nitrogens with zero attached hydrogens (tertiary/aromatic N) is 3. The van der Waals surface area contributed by atoms with Gasteiger partial charge in [-0.1, -0.05) is 72.3 Å². The van der Waals surface area contributed by atoms with Crippen molar-refractivity contribution in [2.45, 2.75) is 43.9 Å². The van der Waals surface area contributed by atoms with Gasteiger partial charge in [-0.15, -0.1) is 0 Å². The highest BCUT2D eigenvalue weighted by Gasteiger charge is 2.49. The zero-order chi connectivity index (χ0) is 26.5. The number of aromatic amines is 1. The minimum atomic E-state index is -0.513. The number of hydrogen-bond donors (Lipinski definition) is 1. The Morgan fingerprint density at radius 3 is 2.36 bits per heavy atom. The number of rotatable bonds is 4. The van der Waals surface area contributed by atoms with Crippen molar-refractivity contribution >= 4 is 34.3 Å². The third-order valence-electron chi connectivity index (χ3n) is 8.73. The Labute approximate surface area is 233 Å². The minimum Gasteiger partial charge on any atom is -0.356 e. The molecular formula is C32H31ClN4O2.